The highest BCUT2D eigenvalue weighted by Crippen LogP contribution is 2.34. The molecule has 1 atom stereocenters. The SMILES string of the molecule is NC1=C(Nc2cc(Oc3cc(F)cc(C(F)(F)F)c3)ccn2)CCCC1N. The smallest absolute Gasteiger partial charge is 0.416 e. The van der Waals surface area contributed by atoms with E-state index in [-0.39, 0.29) is 17.5 Å². The van der Waals surface area contributed by atoms with E-state index in [1.807, 2.05) is 0 Å². The first-order valence-electron chi connectivity index (χ1n) is 8.25. The first kappa shape index (κ1) is 19.0. The molecule has 1 aliphatic rings. The lowest BCUT2D eigenvalue weighted by Gasteiger charge is -2.23. The Morgan fingerprint density at radius 2 is 1.93 bits per heavy atom. The summed E-state index contributed by atoms with van der Waals surface area (Å²) >= 11 is 0. The van der Waals surface area contributed by atoms with Gasteiger partial charge in [-0.2, -0.15) is 13.2 Å². The van der Waals surface area contributed by atoms with Gasteiger partial charge in [0.25, 0.3) is 0 Å². The fraction of sp³-hybridized carbons (Fsp3) is 0.278. The van der Waals surface area contributed by atoms with Crippen LogP contribution in [0.5, 0.6) is 11.5 Å². The number of nitrogens with two attached hydrogens (primary N) is 2. The third-order valence-electron chi connectivity index (χ3n) is 4.13. The van der Waals surface area contributed by atoms with Gasteiger partial charge in [0, 0.05) is 35.8 Å². The lowest BCUT2D eigenvalue weighted by Crippen LogP contribution is -2.33. The minimum absolute atomic E-state index is 0.200. The summed E-state index contributed by atoms with van der Waals surface area (Å²) in [5, 5.41) is 3.06. The molecule has 0 aliphatic heterocycles. The van der Waals surface area contributed by atoms with Crippen molar-refractivity contribution in [3.05, 3.63) is 59.3 Å². The predicted octanol–water partition coefficient (Wildman–Crippen LogP) is 4.13. The number of ether oxygens (including phenoxy) is 1. The number of allylic oxidation sites excluding steroid dienone is 1. The summed E-state index contributed by atoms with van der Waals surface area (Å²) in [7, 11) is 0. The third-order valence-corrected chi connectivity index (χ3v) is 4.13. The Bertz CT molecular complexity index is 867. The molecule has 0 amide bonds. The molecule has 1 aromatic carbocycles. The number of nitrogens with zero attached hydrogens (tertiary/aromatic N) is 1. The average Bonchev–Trinajstić information content (AvgIpc) is 2.58. The molecule has 0 bridgehead atoms. The number of hydrogen-bond donors (Lipinski definition) is 3. The van der Waals surface area contributed by atoms with Gasteiger partial charge in [-0.05, 0) is 37.5 Å². The van der Waals surface area contributed by atoms with Gasteiger partial charge in [-0.3, -0.25) is 0 Å². The Kier molecular flexibility index (Phi) is 5.22. The van der Waals surface area contributed by atoms with Crippen LogP contribution in [0.2, 0.25) is 0 Å². The van der Waals surface area contributed by atoms with Crippen LogP contribution in [0, 0.1) is 5.82 Å². The predicted molar refractivity (Wildman–Crippen MR) is 92.4 cm³/mol. The van der Waals surface area contributed by atoms with E-state index < -0.39 is 17.6 Å². The molecule has 2 aromatic rings. The number of anilines is 1. The van der Waals surface area contributed by atoms with Crippen molar-refractivity contribution in [1.82, 2.24) is 4.98 Å². The zero-order chi connectivity index (χ0) is 19.6. The van der Waals surface area contributed by atoms with Gasteiger partial charge < -0.3 is 21.5 Å². The molecule has 1 unspecified atom stereocenters. The zero-order valence-corrected chi connectivity index (χ0v) is 14.2. The Morgan fingerprint density at radius 3 is 2.67 bits per heavy atom. The van der Waals surface area contributed by atoms with Gasteiger partial charge in [0.1, 0.15) is 23.1 Å². The van der Waals surface area contributed by atoms with E-state index in [9.17, 15) is 17.6 Å². The summed E-state index contributed by atoms with van der Waals surface area (Å²) in [5.74, 6) is -0.711. The maximum atomic E-state index is 13.5. The monoisotopic (exact) mass is 382 g/mol. The number of alkyl halides is 3. The molecular formula is C18H18F4N4O. The van der Waals surface area contributed by atoms with Crippen LogP contribution in [0.15, 0.2) is 47.9 Å². The number of pyridine rings is 1. The number of aromatic nitrogens is 1. The summed E-state index contributed by atoms with van der Waals surface area (Å²) in [6.07, 6.45) is -0.861. The zero-order valence-electron chi connectivity index (χ0n) is 14.2. The normalized spacial score (nSPS) is 17.7. The first-order chi connectivity index (χ1) is 12.7. The molecule has 5 N–H and O–H groups in total. The number of hydrogen-bond acceptors (Lipinski definition) is 5. The van der Waals surface area contributed by atoms with Crippen molar-refractivity contribution in [2.24, 2.45) is 11.5 Å². The van der Waals surface area contributed by atoms with Gasteiger partial charge in [0.05, 0.1) is 5.56 Å². The van der Waals surface area contributed by atoms with Crippen molar-refractivity contribution in [2.75, 3.05) is 5.32 Å². The van der Waals surface area contributed by atoms with E-state index in [0.29, 0.717) is 24.0 Å². The van der Waals surface area contributed by atoms with Crippen LogP contribution in [-0.2, 0) is 6.18 Å². The van der Waals surface area contributed by atoms with Crippen molar-refractivity contribution in [3.8, 4) is 11.5 Å². The molecule has 1 heterocycles. The molecule has 0 saturated carbocycles. The Labute approximate surface area is 153 Å². The molecule has 9 heteroatoms. The highest BCUT2D eigenvalue weighted by Gasteiger charge is 2.31. The molecule has 0 spiro atoms. The van der Waals surface area contributed by atoms with Crippen molar-refractivity contribution >= 4 is 5.82 Å². The molecule has 1 aliphatic carbocycles. The summed E-state index contributed by atoms with van der Waals surface area (Å²) < 4.78 is 57.3. The van der Waals surface area contributed by atoms with Crippen LogP contribution >= 0.6 is 0 Å². The number of halogens is 4. The summed E-state index contributed by atoms with van der Waals surface area (Å²) in [4.78, 5) is 4.13. The van der Waals surface area contributed by atoms with Crippen LogP contribution in [-0.4, -0.2) is 11.0 Å². The van der Waals surface area contributed by atoms with E-state index in [0.717, 1.165) is 30.7 Å². The molecule has 0 radical (unpaired) electrons. The molecule has 3 rings (SSSR count). The second-order valence-corrected chi connectivity index (χ2v) is 6.21. The van der Waals surface area contributed by atoms with Gasteiger partial charge >= 0.3 is 6.18 Å². The number of nitrogens with one attached hydrogen (secondary N) is 1. The molecule has 27 heavy (non-hydrogen) atoms. The highest BCUT2D eigenvalue weighted by atomic mass is 19.4. The van der Waals surface area contributed by atoms with Crippen LogP contribution < -0.4 is 21.5 Å². The fourth-order valence-electron chi connectivity index (χ4n) is 2.78. The maximum Gasteiger partial charge on any atom is 0.416 e. The topological polar surface area (TPSA) is 86.2 Å². The van der Waals surface area contributed by atoms with Gasteiger partial charge in [-0.15, -0.1) is 0 Å². The summed E-state index contributed by atoms with van der Waals surface area (Å²) in [6, 6.07) is 4.73. The highest BCUT2D eigenvalue weighted by molar-refractivity contribution is 5.48. The van der Waals surface area contributed by atoms with Gasteiger partial charge in [0.15, 0.2) is 0 Å². The minimum atomic E-state index is -4.67. The van der Waals surface area contributed by atoms with Crippen LogP contribution in [0.25, 0.3) is 0 Å². The van der Waals surface area contributed by atoms with E-state index >= 15 is 0 Å². The van der Waals surface area contributed by atoms with Crippen LogP contribution in [0.1, 0.15) is 24.8 Å². The van der Waals surface area contributed by atoms with E-state index in [1.54, 1.807) is 0 Å². The summed E-state index contributed by atoms with van der Waals surface area (Å²) in [5.41, 5.74) is 12.1. The number of rotatable bonds is 4. The Hall–Kier alpha value is -2.81. The molecular weight excluding hydrogens is 364 g/mol. The molecule has 1 aromatic heterocycles. The molecule has 5 nitrogen and oxygen atoms in total. The maximum absolute atomic E-state index is 13.5. The van der Waals surface area contributed by atoms with Crippen molar-refractivity contribution in [3.63, 3.8) is 0 Å². The van der Waals surface area contributed by atoms with Crippen molar-refractivity contribution in [2.45, 2.75) is 31.5 Å². The van der Waals surface area contributed by atoms with E-state index in [1.165, 1.54) is 18.3 Å². The van der Waals surface area contributed by atoms with Crippen LogP contribution in [0.3, 0.4) is 0 Å². The van der Waals surface area contributed by atoms with Gasteiger partial charge in [0.2, 0.25) is 0 Å². The van der Waals surface area contributed by atoms with Crippen molar-refractivity contribution < 1.29 is 22.3 Å². The molecule has 144 valence electrons. The van der Waals surface area contributed by atoms with Crippen molar-refractivity contribution in [1.29, 1.82) is 0 Å². The molecule has 0 fully saturated rings. The third kappa shape index (κ3) is 4.68. The van der Waals surface area contributed by atoms with Crippen LogP contribution in [0.4, 0.5) is 23.4 Å². The van der Waals surface area contributed by atoms with Gasteiger partial charge in [-0.1, -0.05) is 0 Å². The van der Waals surface area contributed by atoms with E-state index in [2.05, 4.69) is 10.3 Å². The molecule has 0 saturated heterocycles. The fourth-order valence-corrected chi connectivity index (χ4v) is 2.78. The second-order valence-electron chi connectivity index (χ2n) is 6.21. The van der Waals surface area contributed by atoms with E-state index in [4.69, 9.17) is 16.2 Å². The Balaban J connectivity index is 1.81. The lowest BCUT2D eigenvalue weighted by atomic mass is 9.97. The lowest BCUT2D eigenvalue weighted by molar-refractivity contribution is -0.137. The standard InChI is InChI=1S/C18H18F4N4O/c19-11-6-10(18(20,21)22)7-13(8-11)27-12-4-5-25-16(9-12)26-15-3-1-2-14(23)17(15)24/h4-9,14H,1-3,23-24H2,(H,25,26). The van der Waals surface area contributed by atoms with Gasteiger partial charge in [-0.25, -0.2) is 9.37 Å². The largest absolute Gasteiger partial charge is 0.457 e. The average molecular weight is 382 g/mol. The second kappa shape index (κ2) is 7.43. The number of benzene rings is 1. The first-order valence-corrected chi connectivity index (χ1v) is 8.25. The minimum Gasteiger partial charge on any atom is -0.457 e. The quantitative estimate of drug-likeness (QED) is 0.693. The Morgan fingerprint density at radius 1 is 1.15 bits per heavy atom. The summed E-state index contributed by atoms with van der Waals surface area (Å²) in [6.45, 7) is 0.